The van der Waals surface area contributed by atoms with E-state index in [2.05, 4.69) is 10.1 Å². The Balaban J connectivity index is 1.96. The fourth-order valence-electron chi connectivity index (χ4n) is 1.68. The Bertz CT molecular complexity index is 201. The Labute approximate surface area is 98.5 Å². The maximum absolute atomic E-state index is 11.7. The van der Waals surface area contributed by atoms with Crippen LogP contribution in [0, 0.1) is 0 Å². The number of rotatable bonds is 7. The Morgan fingerprint density at radius 2 is 2.00 bits per heavy atom. The lowest BCUT2D eigenvalue weighted by molar-refractivity contribution is -0.174. The van der Waals surface area contributed by atoms with Crippen molar-refractivity contribution in [1.29, 1.82) is 0 Å². The first-order valence-corrected chi connectivity index (χ1v) is 5.96. The molecule has 0 amide bonds. The molecule has 0 unspecified atom stereocenters. The van der Waals surface area contributed by atoms with Crippen molar-refractivity contribution in [3.8, 4) is 0 Å². The number of alkyl halides is 4. The molecule has 1 saturated carbocycles. The molecular weight excluding hydrogens is 243 g/mol. The lowest BCUT2D eigenvalue weighted by atomic mass is 9.78. The fourth-order valence-corrected chi connectivity index (χ4v) is 2.04. The van der Waals surface area contributed by atoms with E-state index in [1.54, 1.807) is 0 Å². The minimum atomic E-state index is -4.22. The molecule has 1 N–H and O–H groups in total. The summed E-state index contributed by atoms with van der Waals surface area (Å²) < 4.78 is 39.6. The second-order valence-corrected chi connectivity index (χ2v) is 4.48. The summed E-state index contributed by atoms with van der Waals surface area (Å²) in [5.74, 6) is 0.566. The van der Waals surface area contributed by atoms with Gasteiger partial charge in [0.15, 0.2) is 0 Å². The van der Waals surface area contributed by atoms with Crippen LogP contribution in [0.4, 0.5) is 13.2 Å². The predicted molar refractivity (Wildman–Crippen MR) is 56.8 cm³/mol. The van der Waals surface area contributed by atoms with Crippen LogP contribution in [-0.2, 0) is 4.74 Å². The molecule has 0 radical (unpaired) electrons. The fraction of sp³-hybridized carbons (Fsp3) is 1.00. The van der Waals surface area contributed by atoms with Crippen LogP contribution in [-0.4, -0.2) is 37.4 Å². The van der Waals surface area contributed by atoms with Crippen molar-refractivity contribution in [2.75, 3.05) is 25.6 Å². The van der Waals surface area contributed by atoms with Crippen LogP contribution in [0.2, 0.25) is 0 Å². The van der Waals surface area contributed by atoms with Crippen molar-refractivity contribution in [3.05, 3.63) is 0 Å². The highest BCUT2D eigenvalue weighted by Crippen LogP contribution is 2.32. The zero-order valence-corrected chi connectivity index (χ0v) is 9.83. The van der Waals surface area contributed by atoms with E-state index in [1.807, 2.05) is 0 Å². The summed E-state index contributed by atoms with van der Waals surface area (Å²) in [7, 11) is 0. The number of hydrogen-bond acceptors (Lipinski definition) is 2. The standard InChI is InChI=1S/C10H17ClF3NO/c11-7-9(3-1-4-9)15-5-2-6-16-8-10(12,13)14/h15H,1-8H2. The van der Waals surface area contributed by atoms with E-state index in [1.165, 1.54) is 6.42 Å². The normalized spacial score (nSPS) is 19.5. The Hall–Kier alpha value is 0. The van der Waals surface area contributed by atoms with Gasteiger partial charge in [-0.1, -0.05) is 0 Å². The Morgan fingerprint density at radius 1 is 1.31 bits per heavy atom. The molecule has 0 aromatic rings. The third-order valence-electron chi connectivity index (χ3n) is 2.80. The van der Waals surface area contributed by atoms with Crippen molar-refractivity contribution in [2.45, 2.75) is 37.4 Å². The number of nitrogens with one attached hydrogen (secondary N) is 1. The molecule has 0 saturated heterocycles. The highest BCUT2D eigenvalue weighted by Gasteiger charge is 2.35. The second kappa shape index (κ2) is 6.07. The van der Waals surface area contributed by atoms with E-state index in [-0.39, 0.29) is 12.1 Å². The summed E-state index contributed by atoms with van der Waals surface area (Å²) in [5, 5.41) is 3.29. The van der Waals surface area contributed by atoms with Crippen LogP contribution in [0.15, 0.2) is 0 Å². The van der Waals surface area contributed by atoms with Gasteiger partial charge in [-0.2, -0.15) is 13.2 Å². The molecule has 1 fully saturated rings. The van der Waals surface area contributed by atoms with Gasteiger partial charge >= 0.3 is 6.18 Å². The van der Waals surface area contributed by atoms with E-state index in [0.29, 0.717) is 18.8 Å². The molecule has 2 nitrogen and oxygen atoms in total. The summed E-state index contributed by atoms with van der Waals surface area (Å²) in [4.78, 5) is 0. The van der Waals surface area contributed by atoms with Gasteiger partial charge in [0.2, 0.25) is 0 Å². The molecule has 96 valence electrons. The van der Waals surface area contributed by atoms with Gasteiger partial charge in [0.1, 0.15) is 6.61 Å². The van der Waals surface area contributed by atoms with Crippen LogP contribution in [0.1, 0.15) is 25.7 Å². The highest BCUT2D eigenvalue weighted by atomic mass is 35.5. The SMILES string of the molecule is FC(F)(F)COCCCNC1(CCl)CCC1. The van der Waals surface area contributed by atoms with E-state index < -0.39 is 12.8 Å². The maximum Gasteiger partial charge on any atom is 0.411 e. The smallest absolute Gasteiger partial charge is 0.372 e. The second-order valence-electron chi connectivity index (χ2n) is 4.22. The van der Waals surface area contributed by atoms with E-state index in [0.717, 1.165) is 12.8 Å². The summed E-state index contributed by atoms with van der Waals surface area (Å²) in [5.41, 5.74) is 0.0333. The Morgan fingerprint density at radius 3 is 2.44 bits per heavy atom. The van der Waals surface area contributed by atoms with Gasteiger partial charge in [-0.15, -0.1) is 11.6 Å². The van der Waals surface area contributed by atoms with Crippen LogP contribution >= 0.6 is 11.6 Å². The summed E-state index contributed by atoms with van der Waals surface area (Å²) in [6.45, 7) is -0.372. The molecule has 1 aliphatic carbocycles. The highest BCUT2D eigenvalue weighted by molar-refractivity contribution is 6.18. The van der Waals surface area contributed by atoms with Crippen molar-refractivity contribution >= 4 is 11.6 Å². The van der Waals surface area contributed by atoms with Crippen molar-refractivity contribution in [1.82, 2.24) is 5.32 Å². The topological polar surface area (TPSA) is 21.3 Å². The number of halogens is 4. The molecule has 0 heterocycles. The van der Waals surface area contributed by atoms with E-state index in [9.17, 15) is 13.2 Å². The van der Waals surface area contributed by atoms with Crippen LogP contribution in [0.25, 0.3) is 0 Å². The maximum atomic E-state index is 11.7. The predicted octanol–water partition coefficient (Wildman–Crippen LogP) is 2.71. The third-order valence-corrected chi connectivity index (χ3v) is 3.31. The first kappa shape index (κ1) is 14.1. The zero-order chi connectivity index (χ0) is 12.1. The monoisotopic (exact) mass is 259 g/mol. The molecule has 16 heavy (non-hydrogen) atoms. The number of hydrogen-bond donors (Lipinski definition) is 1. The summed E-state index contributed by atoms with van der Waals surface area (Å²) >= 11 is 5.82. The first-order valence-electron chi connectivity index (χ1n) is 5.43. The summed E-state index contributed by atoms with van der Waals surface area (Å²) in [6, 6.07) is 0. The van der Waals surface area contributed by atoms with Gasteiger partial charge in [0.25, 0.3) is 0 Å². The van der Waals surface area contributed by atoms with Crippen LogP contribution in [0.5, 0.6) is 0 Å². The molecule has 0 aromatic carbocycles. The molecule has 1 rings (SSSR count). The van der Waals surface area contributed by atoms with Crippen molar-refractivity contribution in [2.24, 2.45) is 0 Å². The molecule has 0 aliphatic heterocycles. The minimum Gasteiger partial charge on any atom is -0.372 e. The largest absolute Gasteiger partial charge is 0.411 e. The lowest BCUT2D eigenvalue weighted by Crippen LogP contribution is -2.53. The molecule has 6 heteroatoms. The lowest BCUT2D eigenvalue weighted by Gasteiger charge is -2.41. The quantitative estimate of drug-likeness (QED) is 0.561. The van der Waals surface area contributed by atoms with Crippen molar-refractivity contribution in [3.63, 3.8) is 0 Å². The van der Waals surface area contributed by atoms with Gasteiger partial charge in [-0.05, 0) is 32.2 Å². The number of ether oxygens (including phenoxy) is 1. The zero-order valence-electron chi connectivity index (χ0n) is 9.08. The van der Waals surface area contributed by atoms with Gasteiger partial charge in [0, 0.05) is 18.0 Å². The van der Waals surface area contributed by atoms with Gasteiger partial charge in [0.05, 0.1) is 0 Å². The average Bonchev–Trinajstić information content (AvgIpc) is 2.13. The molecule has 0 atom stereocenters. The van der Waals surface area contributed by atoms with Gasteiger partial charge < -0.3 is 10.1 Å². The Kier molecular flexibility index (Phi) is 5.34. The molecule has 0 aromatic heterocycles. The third kappa shape index (κ3) is 4.89. The molecular formula is C10H17ClF3NO. The average molecular weight is 260 g/mol. The van der Waals surface area contributed by atoms with E-state index in [4.69, 9.17) is 11.6 Å². The molecule has 1 aliphatic rings. The van der Waals surface area contributed by atoms with Gasteiger partial charge in [-0.3, -0.25) is 0 Å². The van der Waals surface area contributed by atoms with Gasteiger partial charge in [-0.25, -0.2) is 0 Å². The van der Waals surface area contributed by atoms with Crippen LogP contribution < -0.4 is 5.32 Å². The first-order chi connectivity index (χ1) is 7.47. The summed E-state index contributed by atoms with van der Waals surface area (Å²) in [6.07, 6.45) is -0.364. The molecule has 0 bridgehead atoms. The van der Waals surface area contributed by atoms with Crippen LogP contribution in [0.3, 0.4) is 0 Å². The minimum absolute atomic E-state index is 0.0333. The van der Waals surface area contributed by atoms with Crippen molar-refractivity contribution < 1.29 is 17.9 Å². The van der Waals surface area contributed by atoms with E-state index >= 15 is 0 Å². The molecule has 0 spiro atoms.